The van der Waals surface area contributed by atoms with Crippen LogP contribution in [0.25, 0.3) is 0 Å². The number of rotatable bonds is 3. The second-order valence-electron chi connectivity index (χ2n) is 3.45. The van der Waals surface area contributed by atoms with E-state index in [9.17, 15) is 8.42 Å². The summed E-state index contributed by atoms with van der Waals surface area (Å²) in [6, 6.07) is 5.35. The average Bonchev–Trinajstić information content (AvgIpc) is 2.06. The maximum atomic E-state index is 10.9. The molecule has 0 aliphatic heterocycles. The van der Waals surface area contributed by atoms with Gasteiger partial charge in [0.15, 0.2) is 0 Å². The van der Waals surface area contributed by atoms with Crippen molar-refractivity contribution in [2.45, 2.75) is 20.0 Å². The van der Waals surface area contributed by atoms with Crippen LogP contribution >= 0.6 is 11.6 Å². The fourth-order valence-corrected chi connectivity index (χ4v) is 2.00. The fourth-order valence-electron chi connectivity index (χ4n) is 1.18. The van der Waals surface area contributed by atoms with Crippen molar-refractivity contribution in [2.24, 2.45) is 0 Å². The molecular weight excluding hydrogens is 236 g/mol. The molecule has 1 rings (SSSR count). The van der Waals surface area contributed by atoms with Crippen LogP contribution in [0.3, 0.4) is 0 Å². The molecule has 1 atom stereocenters. The van der Waals surface area contributed by atoms with E-state index in [1.165, 1.54) is 0 Å². The monoisotopic (exact) mass is 248 g/mol. The molecule has 3 nitrogen and oxygen atoms in total. The zero-order valence-corrected chi connectivity index (χ0v) is 10.4. The predicted molar refractivity (Wildman–Crippen MR) is 60.5 cm³/mol. The topological polar surface area (TPSA) is 43.4 Å². The second kappa shape index (κ2) is 4.51. The van der Waals surface area contributed by atoms with Crippen LogP contribution in [0.4, 0.5) is 0 Å². The smallest absolute Gasteiger partial charge is 0.262 e. The molecule has 0 N–H and O–H groups in total. The van der Waals surface area contributed by atoms with Gasteiger partial charge in [-0.15, -0.1) is 0 Å². The third-order valence-electron chi connectivity index (χ3n) is 1.98. The molecule has 84 valence electrons. The Kier molecular flexibility index (Phi) is 3.76. The molecular formula is C10H13ClO3S. The Labute approximate surface area is 95.1 Å². The molecule has 0 radical (unpaired) electrons. The van der Waals surface area contributed by atoms with Gasteiger partial charge in [-0.2, -0.15) is 8.42 Å². The Balaban J connectivity index is 2.92. The van der Waals surface area contributed by atoms with E-state index in [-0.39, 0.29) is 0 Å². The Hall–Kier alpha value is -0.580. The third kappa shape index (κ3) is 3.81. The van der Waals surface area contributed by atoms with Gasteiger partial charge in [-0.05, 0) is 31.0 Å². The van der Waals surface area contributed by atoms with E-state index >= 15 is 0 Å². The van der Waals surface area contributed by atoms with E-state index in [2.05, 4.69) is 0 Å². The van der Waals surface area contributed by atoms with Gasteiger partial charge in [-0.3, -0.25) is 4.18 Å². The van der Waals surface area contributed by atoms with Crippen molar-refractivity contribution in [1.29, 1.82) is 0 Å². The molecule has 15 heavy (non-hydrogen) atoms. The summed E-state index contributed by atoms with van der Waals surface area (Å²) in [4.78, 5) is 0. The molecule has 0 aromatic heterocycles. The Morgan fingerprint density at radius 2 is 2.00 bits per heavy atom. The maximum absolute atomic E-state index is 10.9. The average molecular weight is 249 g/mol. The molecule has 0 spiro atoms. The van der Waals surface area contributed by atoms with Crippen molar-refractivity contribution in [3.8, 4) is 0 Å². The number of aryl methyl sites for hydroxylation is 1. The lowest BCUT2D eigenvalue weighted by Gasteiger charge is -2.12. The highest BCUT2D eigenvalue weighted by Gasteiger charge is 2.13. The lowest BCUT2D eigenvalue weighted by atomic mass is 10.1. The normalized spacial score (nSPS) is 13.9. The highest BCUT2D eigenvalue weighted by Crippen LogP contribution is 2.24. The van der Waals surface area contributed by atoms with Crippen LogP contribution in [0.1, 0.15) is 24.2 Å². The molecule has 1 aromatic rings. The minimum atomic E-state index is -3.44. The van der Waals surface area contributed by atoms with Crippen LogP contribution in [0.15, 0.2) is 18.2 Å². The SMILES string of the molecule is Cc1ccc(C(C)OS(C)(=O)=O)cc1Cl. The van der Waals surface area contributed by atoms with Crippen molar-refractivity contribution < 1.29 is 12.6 Å². The van der Waals surface area contributed by atoms with Gasteiger partial charge >= 0.3 is 0 Å². The van der Waals surface area contributed by atoms with Crippen molar-refractivity contribution in [1.82, 2.24) is 0 Å². The van der Waals surface area contributed by atoms with Crippen molar-refractivity contribution >= 4 is 21.7 Å². The van der Waals surface area contributed by atoms with Crippen molar-refractivity contribution in [3.63, 3.8) is 0 Å². The molecule has 0 fully saturated rings. The molecule has 0 aliphatic carbocycles. The number of benzene rings is 1. The van der Waals surface area contributed by atoms with Crippen LogP contribution in [0.2, 0.25) is 5.02 Å². The first-order valence-corrected chi connectivity index (χ1v) is 6.63. The minimum Gasteiger partial charge on any atom is -0.262 e. The van der Waals surface area contributed by atoms with Crippen LogP contribution in [-0.2, 0) is 14.3 Å². The highest BCUT2D eigenvalue weighted by atomic mass is 35.5. The van der Waals surface area contributed by atoms with E-state index in [4.69, 9.17) is 15.8 Å². The summed E-state index contributed by atoms with van der Waals surface area (Å²) < 4.78 is 26.7. The van der Waals surface area contributed by atoms with Crippen LogP contribution < -0.4 is 0 Å². The predicted octanol–water partition coefficient (Wildman–Crippen LogP) is 2.69. The molecule has 5 heteroatoms. The van der Waals surface area contributed by atoms with Crippen LogP contribution in [0, 0.1) is 6.92 Å². The highest BCUT2D eigenvalue weighted by molar-refractivity contribution is 7.86. The van der Waals surface area contributed by atoms with Gasteiger partial charge in [0, 0.05) is 5.02 Å². The number of halogens is 1. The van der Waals surface area contributed by atoms with E-state index < -0.39 is 16.2 Å². The molecule has 1 aromatic carbocycles. The Morgan fingerprint density at radius 1 is 1.40 bits per heavy atom. The lowest BCUT2D eigenvalue weighted by Crippen LogP contribution is -2.07. The van der Waals surface area contributed by atoms with Crippen LogP contribution in [-0.4, -0.2) is 14.7 Å². The van der Waals surface area contributed by atoms with Gasteiger partial charge in [-0.25, -0.2) is 0 Å². The first kappa shape index (κ1) is 12.5. The van der Waals surface area contributed by atoms with E-state index in [1.807, 2.05) is 13.0 Å². The third-order valence-corrected chi connectivity index (χ3v) is 3.03. The summed E-state index contributed by atoms with van der Waals surface area (Å²) in [6.07, 6.45) is 0.511. The quantitative estimate of drug-likeness (QED) is 0.773. The van der Waals surface area contributed by atoms with E-state index in [0.717, 1.165) is 17.4 Å². The molecule has 0 bridgehead atoms. The van der Waals surface area contributed by atoms with Gasteiger partial charge in [0.25, 0.3) is 10.1 Å². The minimum absolute atomic E-state index is 0.516. The van der Waals surface area contributed by atoms with Gasteiger partial charge in [0.1, 0.15) is 0 Å². The zero-order chi connectivity index (χ0) is 11.6. The first-order valence-electron chi connectivity index (χ1n) is 4.44. The molecule has 1 unspecified atom stereocenters. The van der Waals surface area contributed by atoms with Gasteiger partial charge in [0.2, 0.25) is 0 Å². The first-order chi connectivity index (χ1) is 6.79. The van der Waals surface area contributed by atoms with Crippen molar-refractivity contribution in [2.75, 3.05) is 6.26 Å². The summed E-state index contributed by atoms with van der Waals surface area (Å²) in [5, 5.41) is 0.608. The van der Waals surface area contributed by atoms with Gasteiger partial charge in [-0.1, -0.05) is 23.7 Å². The Morgan fingerprint density at radius 3 is 2.47 bits per heavy atom. The van der Waals surface area contributed by atoms with Crippen LogP contribution in [0.5, 0.6) is 0 Å². The fraction of sp³-hybridized carbons (Fsp3) is 0.400. The number of hydrogen-bond acceptors (Lipinski definition) is 3. The maximum Gasteiger partial charge on any atom is 0.264 e. The molecule has 0 amide bonds. The molecule has 0 saturated heterocycles. The van der Waals surface area contributed by atoms with E-state index in [1.54, 1.807) is 19.1 Å². The summed E-state index contributed by atoms with van der Waals surface area (Å²) in [5.74, 6) is 0. The molecule has 0 saturated carbocycles. The molecule has 0 aliphatic rings. The summed E-state index contributed by atoms with van der Waals surface area (Å²) in [5.41, 5.74) is 1.70. The zero-order valence-electron chi connectivity index (χ0n) is 8.82. The van der Waals surface area contributed by atoms with Gasteiger partial charge in [0.05, 0.1) is 12.4 Å². The number of hydrogen-bond donors (Lipinski definition) is 0. The summed E-state index contributed by atoms with van der Waals surface area (Å²) in [6.45, 7) is 3.55. The second-order valence-corrected chi connectivity index (χ2v) is 5.46. The van der Waals surface area contributed by atoms with Crippen molar-refractivity contribution in [3.05, 3.63) is 34.3 Å². The van der Waals surface area contributed by atoms with Gasteiger partial charge < -0.3 is 0 Å². The molecule has 0 heterocycles. The summed E-state index contributed by atoms with van der Waals surface area (Å²) >= 11 is 5.92. The summed E-state index contributed by atoms with van der Waals surface area (Å²) in [7, 11) is -3.44. The standard InChI is InChI=1S/C10H13ClO3S/c1-7-4-5-9(6-10(7)11)8(2)14-15(3,12)13/h4-6,8H,1-3H3. The lowest BCUT2D eigenvalue weighted by molar-refractivity contribution is 0.237. The largest absolute Gasteiger partial charge is 0.264 e. The Bertz CT molecular complexity index is 454. The van der Waals surface area contributed by atoms with E-state index in [0.29, 0.717) is 5.02 Å².